The van der Waals surface area contributed by atoms with Crippen LogP contribution in [0.3, 0.4) is 0 Å². The third-order valence-electron chi connectivity index (χ3n) is 5.59. The fourth-order valence-electron chi connectivity index (χ4n) is 3.86. The van der Waals surface area contributed by atoms with Gasteiger partial charge in [-0.2, -0.15) is 5.10 Å². The van der Waals surface area contributed by atoms with Gasteiger partial charge in [0.2, 0.25) is 5.91 Å². The summed E-state index contributed by atoms with van der Waals surface area (Å²) >= 11 is 0. The standard InChI is InChI=1S/C20H24N4O/c1-14-16(12-22-23(14)2)11-20(25)24-9-7-15(8-10-24)18-13-21-19-6-4-3-5-17(18)19/h3-6,12-13,15,21H,7-11H2,1-2H3. The number of nitrogens with zero attached hydrogens (tertiary/aromatic N) is 3. The van der Waals surface area contributed by atoms with E-state index in [0.717, 1.165) is 37.2 Å². The lowest BCUT2D eigenvalue weighted by molar-refractivity contribution is -0.131. The Morgan fingerprint density at radius 1 is 1.28 bits per heavy atom. The zero-order chi connectivity index (χ0) is 17.4. The number of benzene rings is 1. The second kappa shape index (κ2) is 6.39. The highest BCUT2D eigenvalue weighted by Crippen LogP contribution is 2.33. The Bertz CT molecular complexity index is 899. The van der Waals surface area contributed by atoms with E-state index in [-0.39, 0.29) is 5.91 Å². The van der Waals surface area contributed by atoms with Crippen LogP contribution in [0.5, 0.6) is 0 Å². The van der Waals surface area contributed by atoms with Crippen LogP contribution in [0, 0.1) is 6.92 Å². The smallest absolute Gasteiger partial charge is 0.227 e. The molecule has 1 amide bonds. The Labute approximate surface area is 147 Å². The van der Waals surface area contributed by atoms with Gasteiger partial charge >= 0.3 is 0 Å². The predicted octanol–water partition coefficient (Wildman–Crippen LogP) is 3.16. The van der Waals surface area contributed by atoms with Crippen LogP contribution in [-0.4, -0.2) is 38.7 Å². The third kappa shape index (κ3) is 2.95. The second-order valence-electron chi connectivity index (χ2n) is 7.00. The van der Waals surface area contributed by atoms with E-state index in [9.17, 15) is 4.79 Å². The van der Waals surface area contributed by atoms with Crippen LogP contribution in [0.2, 0.25) is 0 Å². The number of amides is 1. The lowest BCUT2D eigenvalue weighted by Gasteiger charge is -2.32. The average molecular weight is 336 g/mol. The molecule has 0 saturated carbocycles. The molecule has 3 aromatic rings. The van der Waals surface area contributed by atoms with Gasteiger partial charge in [0, 0.05) is 48.5 Å². The number of aromatic amines is 1. The molecule has 3 heterocycles. The highest BCUT2D eigenvalue weighted by atomic mass is 16.2. The molecule has 1 aliphatic heterocycles. The van der Waals surface area contributed by atoms with Crippen molar-refractivity contribution in [3.05, 3.63) is 53.5 Å². The van der Waals surface area contributed by atoms with Crippen molar-refractivity contribution in [1.29, 1.82) is 0 Å². The number of aromatic nitrogens is 3. The number of rotatable bonds is 3. The molecule has 1 saturated heterocycles. The van der Waals surface area contributed by atoms with Gasteiger partial charge in [0.25, 0.3) is 0 Å². The summed E-state index contributed by atoms with van der Waals surface area (Å²) in [5.74, 6) is 0.744. The normalized spacial score (nSPS) is 15.8. The Hall–Kier alpha value is -2.56. The van der Waals surface area contributed by atoms with Crippen LogP contribution in [0.1, 0.15) is 35.6 Å². The number of carbonyl (C=O) groups excluding carboxylic acids is 1. The monoisotopic (exact) mass is 336 g/mol. The van der Waals surface area contributed by atoms with Gasteiger partial charge in [0.1, 0.15) is 0 Å². The molecule has 5 nitrogen and oxygen atoms in total. The molecule has 0 spiro atoms. The predicted molar refractivity (Wildman–Crippen MR) is 98.5 cm³/mol. The number of likely N-dealkylation sites (tertiary alicyclic amines) is 1. The highest BCUT2D eigenvalue weighted by Gasteiger charge is 2.25. The molecule has 130 valence electrons. The van der Waals surface area contributed by atoms with Crippen molar-refractivity contribution < 1.29 is 4.79 Å². The molecule has 2 aromatic heterocycles. The largest absolute Gasteiger partial charge is 0.361 e. The Morgan fingerprint density at radius 2 is 2.04 bits per heavy atom. The quantitative estimate of drug-likeness (QED) is 0.799. The Balaban J connectivity index is 1.41. The fraction of sp³-hybridized carbons (Fsp3) is 0.400. The van der Waals surface area contributed by atoms with Gasteiger partial charge in [-0.15, -0.1) is 0 Å². The minimum Gasteiger partial charge on any atom is -0.361 e. The van der Waals surface area contributed by atoms with Crippen molar-refractivity contribution >= 4 is 16.8 Å². The molecule has 0 bridgehead atoms. The lowest BCUT2D eigenvalue weighted by atomic mass is 9.89. The zero-order valence-corrected chi connectivity index (χ0v) is 14.8. The summed E-state index contributed by atoms with van der Waals surface area (Å²) in [5, 5.41) is 5.55. The Kier molecular flexibility index (Phi) is 4.07. The van der Waals surface area contributed by atoms with Gasteiger partial charge < -0.3 is 9.88 Å². The maximum absolute atomic E-state index is 12.6. The zero-order valence-electron chi connectivity index (χ0n) is 14.8. The summed E-state index contributed by atoms with van der Waals surface area (Å²) in [6.07, 6.45) is 6.47. The van der Waals surface area contributed by atoms with E-state index in [1.165, 1.54) is 16.5 Å². The molecule has 25 heavy (non-hydrogen) atoms. The first-order valence-corrected chi connectivity index (χ1v) is 8.94. The van der Waals surface area contributed by atoms with E-state index < -0.39 is 0 Å². The summed E-state index contributed by atoms with van der Waals surface area (Å²) < 4.78 is 1.83. The van der Waals surface area contributed by atoms with Crippen LogP contribution in [0.25, 0.3) is 10.9 Å². The number of hydrogen-bond acceptors (Lipinski definition) is 2. The van der Waals surface area contributed by atoms with E-state index in [1.807, 2.05) is 29.7 Å². The van der Waals surface area contributed by atoms with Crippen molar-refractivity contribution in [3.8, 4) is 0 Å². The van der Waals surface area contributed by atoms with Crippen LogP contribution in [-0.2, 0) is 18.3 Å². The summed E-state index contributed by atoms with van der Waals surface area (Å²) in [7, 11) is 1.91. The van der Waals surface area contributed by atoms with E-state index in [2.05, 4.69) is 40.5 Å². The number of nitrogens with one attached hydrogen (secondary N) is 1. The van der Waals surface area contributed by atoms with E-state index in [4.69, 9.17) is 0 Å². The molecule has 0 aliphatic carbocycles. The van der Waals surface area contributed by atoms with Gasteiger partial charge in [0.05, 0.1) is 12.6 Å². The third-order valence-corrected chi connectivity index (χ3v) is 5.59. The van der Waals surface area contributed by atoms with E-state index in [1.54, 1.807) is 0 Å². The molecule has 5 heteroatoms. The molecule has 0 radical (unpaired) electrons. The number of para-hydroxylation sites is 1. The van der Waals surface area contributed by atoms with Crippen LogP contribution in [0.15, 0.2) is 36.7 Å². The van der Waals surface area contributed by atoms with Crippen LogP contribution >= 0.6 is 0 Å². The van der Waals surface area contributed by atoms with Gasteiger partial charge in [-0.25, -0.2) is 0 Å². The van der Waals surface area contributed by atoms with Gasteiger partial charge in [-0.1, -0.05) is 18.2 Å². The molecule has 4 rings (SSSR count). The topological polar surface area (TPSA) is 53.9 Å². The van der Waals surface area contributed by atoms with Crippen molar-refractivity contribution in [2.24, 2.45) is 7.05 Å². The fourth-order valence-corrected chi connectivity index (χ4v) is 3.86. The summed E-state index contributed by atoms with van der Waals surface area (Å²) in [5.41, 5.74) is 4.70. The first-order chi connectivity index (χ1) is 12.1. The molecular weight excluding hydrogens is 312 g/mol. The molecule has 1 aliphatic rings. The first kappa shape index (κ1) is 15.9. The first-order valence-electron chi connectivity index (χ1n) is 8.94. The number of piperidine rings is 1. The number of aryl methyl sites for hydroxylation is 1. The summed E-state index contributed by atoms with van der Waals surface area (Å²) in [6, 6.07) is 8.45. The number of fused-ring (bicyclic) bond motifs is 1. The van der Waals surface area contributed by atoms with Gasteiger partial charge in [-0.3, -0.25) is 9.48 Å². The molecule has 0 atom stereocenters. The number of hydrogen-bond donors (Lipinski definition) is 1. The number of carbonyl (C=O) groups is 1. The van der Waals surface area contributed by atoms with Crippen LogP contribution < -0.4 is 0 Å². The molecule has 0 unspecified atom stereocenters. The summed E-state index contributed by atoms with van der Waals surface area (Å²) in [4.78, 5) is 18.0. The maximum atomic E-state index is 12.6. The lowest BCUT2D eigenvalue weighted by Crippen LogP contribution is -2.38. The molecular formula is C20H24N4O. The minimum atomic E-state index is 0.216. The highest BCUT2D eigenvalue weighted by molar-refractivity contribution is 5.84. The minimum absolute atomic E-state index is 0.216. The van der Waals surface area contributed by atoms with Gasteiger partial charge in [0.15, 0.2) is 0 Å². The molecule has 1 fully saturated rings. The molecule has 1 N–H and O–H groups in total. The van der Waals surface area contributed by atoms with E-state index >= 15 is 0 Å². The van der Waals surface area contributed by atoms with Crippen molar-refractivity contribution in [1.82, 2.24) is 19.7 Å². The number of H-pyrrole nitrogens is 1. The maximum Gasteiger partial charge on any atom is 0.227 e. The SMILES string of the molecule is Cc1c(CC(=O)N2CCC(c3c[nH]c4ccccc34)CC2)cnn1C. The summed E-state index contributed by atoms with van der Waals surface area (Å²) in [6.45, 7) is 3.68. The van der Waals surface area contributed by atoms with Gasteiger partial charge in [-0.05, 0) is 37.3 Å². The second-order valence-corrected chi connectivity index (χ2v) is 7.00. The Morgan fingerprint density at radius 3 is 2.76 bits per heavy atom. The van der Waals surface area contributed by atoms with Crippen molar-refractivity contribution in [2.45, 2.75) is 32.1 Å². The van der Waals surface area contributed by atoms with E-state index in [0.29, 0.717) is 12.3 Å². The van der Waals surface area contributed by atoms with Crippen LogP contribution in [0.4, 0.5) is 0 Å². The average Bonchev–Trinajstić information content (AvgIpc) is 3.20. The molecule has 1 aromatic carbocycles. The van der Waals surface area contributed by atoms with Crippen molar-refractivity contribution in [3.63, 3.8) is 0 Å². The van der Waals surface area contributed by atoms with Crippen molar-refractivity contribution in [2.75, 3.05) is 13.1 Å².